The Morgan fingerprint density at radius 2 is 1.88 bits per heavy atom. The van der Waals surface area contributed by atoms with Crippen molar-refractivity contribution in [1.29, 1.82) is 5.41 Å². The molecule has 1 N–H and O–H groups in total. The van der Waals surface area contributed by atoms with Crippen LogP contribution >= 0.6 is 47.1 Å². The summed E-state index contributed by atoms with van der Waals surface area (Å²) in [6.45, 7) is 6.12. The zero-order valence-electron chi connectivity index (χ0n) is 19.3. The molecular formula is C27H28IN3OS2. The van der Waals surface area contributed by atoms with Gasteiger partial charge < -0.3 is 15.4 Å². The number of anilines is 1. The van der Waals surface area contributed by atoms with Gasteiger partial charge in [0.25, 0.3) is 5.01 Å². The molecule has 4 nitrogen and oxygen atoms in total. The van der Waals surface area contributed by atoms with Crippen LogP contribution in [-0.4, -0.2) is 12.4 Å². The van der Waals surface area contributed by atoms with E-state index in [9.17, 15) is 5.11 Å². The Morgan fingerprint density at radius 3 is 2.65 bits per heavy atom. The molecule has 1 unspecified atom stereocenters. The first-order valence-corrected chi connectivity index (χ1v) is 13.0. The van der Waals surface area contributed by atoms with Crippen LogP contribution in [0.4, 0.5) is 5.69 Å². The number of aryl methyl sites for hydroxylation is 1. The number of aromatic nitrogens is 1. The number of allylic oxidation sites excluding steroid dienone is 4. The van der Waals surface area contributed by atoms with E-state index in [4.69, 9.17) is 5.41 Å². The smallest absolute Gasteiger partial charge is 0.263 e. The number of hydrogen-bond donors (Lipinski definition) is 1. The van der Waals surface area contributed by atoms with E-state index in [0.29, 0.717) is 12.8 Å². The van der Waals surface area contributed by atoms with Gasteiger partial charge in [-0.15, -0.1) is 24.0 Å². The van der Waals surface area contributed by atoms with Gasteiger partial charge in [-0.2, -0.15) is 4.57 Å². The molecule has 0 amide bonds. The zero-order valence-corrected chi connectivity index (χ0v) is 23.2. The third kappa shape index (κ3) is 4.83. The van der Waals surface area contributed by atoms with Gasteiger partial charge in [-0.05, 0) is 73.9 Å². The summed E-state index contributed by atoms with van der Waals surface area (Å²) in [6.07, 6.45) is 7.91. The maximum atomic E-state index is 12.1. The Balaban J connectivity index is 0.00000274. The van der Waals surface area contributed by atoms with Crippen LogP contribution in [0, 0.1) is 11.3 Å². The van der Waals surface area contributed by atoms with E-state index in [1.54, 1.807) is 23.1 Å². The Labute approximate surface area is 226 Å². The number of thiazole rings is 1. The van der Waals surface area contributed by atoms with E-state index in [-0.39, 0.29) is 29.9 Å². The molecule has 2 heterocycles. The zero-order chi connectivity index (χ0) is 22.9. The summed E-state index contributed by atoms with van der Waals surface area (Å²) < 4.78 is 3.59. The number of halogens is 1. The molecule has 3 aromatic rings. The van der Waals surface area contributed by atoms with Crippen LogP contribution in [0.25, 0.3) is 16.3 Å². The van der Waals surface area contributed by atoms with Crippen molar-refractivity contribution in [3.63, 3.8) is 0 Å². The van der Waals surface area contributed by atoms with Crippen LogP contribution in [-0.2, 0) is 6.54 Å². The van der Waals surface area contributed by atoms with Crippen molar-refractivity contribution in [2.45, 2.75) is 38.1 Å². The van der Waals surface area contributed by atoms with Gasteiger partial charge in [0.15, 0.2) is 0 Å². The van der Waals surface area contributed by atoms with E-state index in [2.05, 4.69) is 90.1 Å². The highest BCUT2D eigenvalue weighted by atomic mass is 127. The molecular weight excluding hydrogens is 573 g/mol. The van der Waals surface area contributed by atoms with Crippen LogP contribution < -0.4 is 14.6 Å². The van der Waals surface area contributed by atoms with E-state index in [1.807, 2.05) is 0 Å². The number of thioether (sulfide) groups is 1. The number of para-hydroxylation sites is 2. The number of rotatable bonds is 5. The molecule has 5 rings (SSSR count). The Bertz CT molecular complexity index is 1320. The summed E-state index contributed by atoms with van der Waals surface area (Å²) in [7, 11) is 0. The summed E-state index contributed by atoms with van der Waals surface area (Å²) in [5.41, 5.74) is 4.73. The lowest BCUT2D eigenvalue weighted by Crippen LogP contribution is -2.33. The molecule has 34 heavy (non-hydrogen) atoms. The minimum Gasteiger partial charge on any atom is -0.862 e. The molecule has 0 saturated carbocycles. The van der Waals surface area contributed by atoms with E-state index in [0.717, 1.165) is 24.2 Å². The molecule has 1 atom stereocenters. The van der Waals surface area contributed by atoms with Crippen LogP contribution in [0.3, 0.4) is 0 Å². The van der Waals surface area contributed by atoms with Crippen molar-refractivity contribution < 1.29 is 9.67 Å². The molecule has 0 spiro atoms. The van der Waals surface area contributed by atoms with Crippen molar-refractivity contribution in [3.8, 4) is 0 Å². The van der Waals surface area contributed by atoms with Gasteiger partial charge in [0.05, 0.1) is 10.7 Å². The van der Waals surface area contributed by atoms with Gasteiger partial charge in [-0.3, -0.25) is 0 Å². The normalized spacial score (nSPS) is 19.9. The molecule has 0 radical (unpaired) electrons. The summed E-state index contributed by atoms with van der Waals surface area (Å²) in [5.74, 6) is -0.763. The second kappa shape index (κ2) is 10.7. The SMILES string of the molecule is CCN1/C(=C\C2=CC(=C/c3sc4ccccc4[n+]3CC)/CC(C(=N)[O-])C2)Sc2ccccc21.I. The van der Waals surface area contributed by atoms with Crippen molar-refractivity contribution in [1.82, 2.24) is 0 Å². The van der Waals surface area contributed by atoms with Crippen LogP contribution in [0.2, 0.25) is 0 Å². The number of fused-ring (bicyclic) bond motifs is 2. The lowest BCUT2D eigenvalue weighted by Gasteiger charge is -2.27. The molecule has 0 bridgehead atoms. The second-order valence-electron chi connectivity index (χ2n) is 8.36. The van der Waals surface area contributed by atoms with Crippen molar-refractivity contribution in [3.05, 3.63) is 81.9 Å². The lowest BCUT2D eigenvalue weighted by molar-refractivity contribution is -0.665. The average Bonchev–Trinajstić information content (AvgIpc) is 3.35. The highest BCUT2D eigenvalue weighted by Crippen LogP contribution is 2.46. The number of nitrogens with one attached hydrogen (secondary N) is 1. The molecule has 2 aliphatic rings. The molecule has 1 aromatic heterocycles. The average molecular weight is 602 g/mol. The first kappa shape index (κ1) is 25.0. The molecule has 0 saturated heterocycles. The van der Waals surface area contributed by atoms with Gasteiger partial charge >= 0.3 is 0 Å². The van der Waals surface area contributed by atoms with Crippen molar-refractivity contribution in [2.75, 3.05) is 11.4 Å². The predicted octanol–water partition coefficient (Wildman–Crippen LogP) is 6.36. The first-order chi connectivity index (χ1) is 16.1. The fourth-order valence-electron chi connectivity index (χ4n) is 4.67. The maximum absolute atomic E-state index is 12.1. The number of nitrogens with zero attached hydrogens (tertiary/aromatic N) is 2. The molecule has 7 heteroatoms. The van der Waals surface area contributed by atoms with Gasteiger partial charge in [0.1, 0.15) is 11.2 Å². The predicted molar refractivity (Wildman–Crippen MR) is 153 cm³/mol. The van der Waals surface area contributed by atoms with Crippen LogP contribution in [0.15, 0.2) is 81.8 Å². The monoisotopic (exact) mass is 601 g/mol. The fraction of sp³-hybridized carbons (Fsp3) is 0.259. The molecule has 176 valence electrons. The summed E-state index contributed by atoms with van der Waals surface area (Å²) in [6, 6.07) is 16.9. The molecule has 0 fully saturated rings. The minimum absolute atomic E-state index is 0. The summed E-state index contributed by atoms with van der Waals surface area (Å²) >= 11 is 3.56. The first-order valence-electron chi connectivity index (χ1n) is 11.4. The Morgan fingerprint density at radius 1 is 1.12 bits per heavy atom. The molecule has 1 aliphatic carbocycles. The summed E-state index contributed by atoms with van der Waals surface area (Å²) in [4.78, 5) is 3.59. The summed E-state index contributed by atoms with van der Waals surface area (Å²) in [5, 5.41) is 22.3. The van der Waals surface area contributed by atoms with E-state index in [1.165, 1.54) is 30.8 Å². The molecule has 1 aliphatic heterocycles. The van der Waals surface area contributed by atoms with Gasteiger partial charge in [0, 0.05) is 23.6 Å². The van der Waals surface area contributed by atoms with E-state index >= 15 is 0 Å². The Kier molecular flexibility index (Phi) is 7.84. The van der Waals surface area contributed by atoms with Gasteiger partial charge in [-0.1, -0.05) is 53.4 Å². The maximum Gasteiger partial charge on any atom is 0.263 e. The molecule has 2 aromatic carbocycles. The van der Waals surface area contributed by atoms with Crippen molar-refractivity contribution in [2.24, 2.45) is 5.92 Å². The Hall–Kier alpha value is -2.10. The van der Waals surface area contributed by atoms with Gasteiger partial charge in [-0.25, -0.2) is 0 Å². The largest absolute Gasteiger partial charge is 0.862 e. The second-order valence-corrected chi connectivity index (χ2v) is 10.5. The topological polar surface area (TPSA) is 54.0 Å². The highest BCUT2D eigenvalue weighted by molar-refractivity contribution is 14.0. The van der Waals surface area contributed by atoms with Gasteiger partial charge in [0.2, 0.25) is 5.52 Å². The third-order valence-electron chi connectivity index (χ3n) is 6.23. The highest BCUT2D eigenvalue weighted by Gasteiger charge is 2.26. The standard InChI is InChI=1S/C27H27N3OS2.HI/c1-3-29-21-9-5-7-11-23(21)32-25(29)16-18-13-19(15-20(14-18)27(28)31)17-26-30(4-2)22-10-6-8-12-24(22)33-26;/h5-13,16-17,20H,3-4,14-15H2,1-2H3,(H-,28,31);1H. The number of benzene rings is 2. The van der Waals surface area contributed by atoms with Crippen LogP contribution in [0.5, 0.6) is 0 Å². The fourth-order valence-corrected chi connectivity index (χ4v) is 7.08. The quantitative estimate of drug-likeness (QED) is 0.160. The van der Waals surface area contributed by atoms with Crippen LogP contribution in [0.1, 0.15) is 31.7 Å². The van der Waals surface area contributed by atoms with E-state index < -0.39 is 5.90 Å². The lowest BCUT2D eigenvalue weighted by atomic mass is 9.85. The third-order valence-corrected chi connectivity index (χ3v) is 8.45. The number of hydrogen-bond acceptors (Lipinski definition) is 5. The van der Waals surface area contributed by atoms with Crippen molar-refractivity contribution >= 4 is 75.0 Å². The minimum atomic E-state index is -0.473.